The smallest absolute Gasteiger partial charge is 0.209 e. The first-order chi connectivity index (χ1) is 11.1. The summed E-state index contributed by atoms with van der Waals surface area (Å²) in [6.45, 7) is 0. The Kier molecular flexibility index (Phi) is 4.88. The maximum Gasteiger partial charge on any atom is 0.209 e. The van der Waals surface area contributed by atoms with Crippen molar-refractivity contribution in [3.05, 3.63) is 64.4 Å². The van der Waals surface area contributed by atoms with E-state index < -0.39 is 0 Å². The molecule has 0 amide bonds. The molecule has 0 bridgehead atoms. The SMILES string of the molecule is O=C(CSc1n[nH]c(-c2ccccc2F)n1)c1ccc(Br)cc1. The summed E-state index contributed by atoms with van der Waals surface area (Å²) < 4.78 is 14.6. The first kappa shape index (κ1) is 15.9. The Morgan fingerprint density at radius 1 is 1.17 bits per heavy atom. The highest BCUT2D eigenvalue weighted by Gasteiger charge is 2.12. The van der Waals surface area contributed by atoms with Crippen LogP contribution >= 0.6 is 27.7 Å². The zero-order valence-electron chi connectivity index (χ0n) is 11.8. The summed E-state index contributed by atoms with van der Waals surface area (Å²) in [5.74, 6) is 0.184. The number of halogens is 2. The second kappa shape index (κ2) is 7.06. The van der Waals surface area contributed by atoms with Gasteiger partial charge in [-0.2, -0.15) is 0 Å². The number of benzene rings is 2. The van der Waals surface area contributed by atoms with Crippen molar-refractivity contribution in [1.29, 1.82) is 0 Å². The van der Waals surface area contributed by atoms with Gasteiger partial charge in [-0.1, -0.05) is 52.0 Å². The third kappa shape index (κ3) is 3.86. The molecule has 4 nitrogen and oxygen atoms in total. The molecule has 1 N–H and O–H groups in total. The number of nitrogens with zero attached hydrogens (tertiary/aromatic N) is 2. The van der Waals surface area contributed by atoms with Crippen LogP contribution in [0, 0.1) is 5.82 Å². The maximum atomic E-state index is 13.7. The Morgan fingerprint density at radius 3 is 2.65 bits per heavy atom. The van der Waals surface area contributed by atoms with E-state index in [1.54, 1.807) is 30.3 Å². The topological polar surface area (TPSA) is 58.6 Å². The number of rotatable bonds is 5. The van der Waals surface area contributed by atoms with E-state index in [1.807, 2.05) is 12.1 Å². The van der Waals surface area contributed by atoms with Crippen LogP contribution in [0.2, 0.25) is 0 Å². The second-order valence-corrected chi connectivity index (χ2v) is 6.52. The summed E-state index contributed by atoms with van der Waals surface area (Å²) in [7, 11) is 0. The number of carbonyl (C=O) groups excluding carboxylic acids is 1. The number of H-pyrrole nitrogens is 1. The van der Waals surface area contributed by atoms with Gasteiger partial charge in [0, 0.05) is 10.0 Å². The minimum atomic E-state index is -0.369. The molecular weight excluding hydrogens is 381 g/mol. The summed E-state index contributed by atoms with van der Waals surface area (Å²) in [4.78, 5) is 16.3. The molecule has 7 heteroatoms. The van der Waals surface area contributed by atoms with Crippen LogP contribution in [0.25, 0.3) is 11.4 Å². The van der Waals surface area contributed by atoms with Crippen molar-refractivity contribution in [2.75, 3.05) is 5.75 Å². The van der Waals surface area contributed by atoms with Gasteiger partial charge in [0.05, 0.1) is 11.3 Å². The van der Waals surface area contributed by atoms with E-state index in [9.17, 15) is 9.18 Å². The lowest BCUT2D eigenvalue weighted by Crippen LogP contribution is -2.02. The van der Waals surface area contributed by atoms with Crippen molar-refractivity contribution in [3.63, 3.8) is 0 Å². The molecule has 3 aromatic rings. The van der Waals surface area contributed by atoms with Gasteiger partial charge in [-0.3, -0.25) is 9.89 Å². The summed E-state index contributed by atoms with van der Waals surface area (Å²) in [5, 5.41) is 7.12. The number of aromatic nitrogens is 3. The molecule has 0 aliphatic heterocycles. The van der Waals surface area contributed by atoms with Crippen molar-refractivity contribution in [2.24, 2.45) is 0 Å². The summed E-state index contributed by atoms with van der Waals surface area (Å²) in [6.07, 6.45) is 0. The molecule has 0 unspecified atom stereocenters. The minimum Gasteiger partial charge on any atom is -0.293 e. The van der Waals surface area contributed by atoms with E-state index in [4.69, 9.17) is 0 Å². The van der Waals surface area contributed by atoms with Gasteiger partial charge >= 0.3 is 0 Å². The molecule has 0 saturated carbocycles. The lowest BCUT2D eigenvalue weighted by atomic mass is 10.2. The molecule has 0 spiro atoms. The molecule has 3 rings (SSSR count). The zero-order chi connectivity index (χ0) is 16.2. The predicted octanol–water partition coefficient (Wildman–Crippen LogP) is 4.35. The Morgan fingerprint density at radius 2 is 1.91 bits per heavy atom. The van der Waals surface area contributed by atoms with E-state index in [2.05, 4.69) is 31.1 Å². The van der Waals surface area contributed by atoms with Crippen LogP contribution < -0.4 is 0 Å². The van der Waals surface area contributed by atoms with Gasteiger partial charge in [-0.25, -0.2) is 9.37 Å². The van der Waals surface area contributed by atoms with E-state index in [0.717, 1.165) is 4.47 Å². The van der Waals surface area contributed by atoms with Crippen LogP contribution in [0.3, 0.4) is 0 Å². The number of hydrogen-bond acceptors (Lipinski definition) is 4. The highest BCUT2D eigenvalue weighted by atomic mass is 79.9. The van der Waals surface area contributed by atoms with Gasteiger partial charge in [0.15, 0.2) is 11.6 Å². The van der Waals surface area contributed by atoms with E-state index in [0.29, 0.717) is 22.1 Å². The molecule has 0 atom stereocenters. The zero-order valence-corrected chi connectivity index (χ0v) is 14.2. The monoisotopic (exact) mass is 391 g/mol. The first-order valence-corrected chi connectivity index (χ1v) is 8.50. The van der Waals surface area contributed by atoms with Crippen LogP contribution in [0.1, 0.15) is 10.4 Å². The number of Topliss-reactive ketones (excluding diaryl/α,β-unsaturated/α-hetero) is 1. The van der Waals surface area contributed by atoms with Gasteiger partial charge in [0.1, 0.15) is 5.82 Å². The normalized spacial score (nSPS) is 10.7. The van der Waals surface area contributed by atoms with Crippen molar-refractivity contribution in [1.82, 2.24) is 15.2 Å². The number of ketones is 1. The van der Waals surface area contributed by atoms with Crippen LogP contribution in [-0.4, -0.2) is 26.7 Å². The molecule has 116 valence electrons. The highest BCUT2D eigenvalue weighted by molar-refractivity contribution is 9.10. The lowest BCUT2D eigenvalue weighted by molar-refractivity contribution is 0.102. The first-order valence-electron chi connectivity index (χ1n) is 6.72. The molecule has 0 saturated heterocycles. The molecule has 1 aromatic heterocycles. The van der Waals surface area contributed by atoms with Crippen LogP contribution in [0.15, 0.2) is 58.2 Å². The molecule has 0 aliphatic carbocycles. The number of hydrogen-bond donors (Lipinski definition) is 1. The van der Waals surface area contributed by atoms with Crippen LogP contribution in [0.4, 0.5) is 4.39 Å². The molecule has 23 heavy (non-hydrogen) atoms. The Labute approximate surface area is 144 Å². The van der Waals surface area contributed by atoms with Gasteiger partial charge < -0.3 is 0 Å². The van der Waals surface area contributed by atoms with Crippen molar-refractivity contribution >= 4 is 33.5 Å². The number of nitrogens with one attached hydrogen (secondary N) is 1. The molecule has 0 aliphatic rings. The van der Waals surface area contributed by atoms with Crippen molar-refractivity contribution in [2.45, 2.75) is 5.16 Å². The van der Waals surface area contributed by atoms with Crippen LogP contribution in [0.5, 0.6) is 0 Å². The van der Waals surface area contributed by atoms with Gasteiger partial charge in [0.2, 0.25) is 5.16 Å². The number of carbonyl (C=O) groups is 1. The Hall–Kier alpha value is -1.99. The summed E-state index contributed by atoms with van der Waals surface area (Å²) in [6, 6.07) is 13.5. The third-order valence-corrected chi connectivity index (χ3v) is 4.47. The predicted molar refractivity (Wildman–Crippen MR) is 91.0 cm³/mol. The summed E-state index contributed by atoms with van der Waals surface area (Å²) >= 11 is 4.54. The standard InChI is InChI=1S/C16H11BrFN3OS/c17-11-7-5-10(6-8-11)14(22)9-23-16-19-15(20-21-16)12-3-1-2-4-13(12)18/h1-8H,9H2,(H,19,20,21). The Balaban J connectivity index is 1.67. The quantitative estimate of drug-likeness (QED) is 0.518. The fraction of sp³-hybridized carbons (Fsp3) is 0.0625. The molecule has 2 aromatic carbocycles. The molecule has 0 fully saturated rings. The third-order valence-electron chi connectivity index (χ3n) is 3.09. The maximum absolute atomic E-state index is 13.7. The number of aromatic amines is 1. The van der Waals surface area contributed by atoms with Crippen molar-refractivity contribution < 1.29 is 9.18 Å². The van der Waals surface area contributed by atoms with E-state index in [-0.39, 0.29) is 17.4 Å². The van der Waals surface area contributed by atoms with Gasteiger partial charge in [0.25, 0.3) is 0 Å². The average molecular weight is 392 g/mol. The Bertz CT molecular complexity index is 835. The summed E-state index contributed by atoms with van der Waals surface area (Å²) in [5.41, 5.74) is 0.983. The fourth-order valence-electron chi connectivity index (χ4n) is 1.93. The molecule has 0 radical (unpaired) electrons. The molecular formula is C16H11BrFN3OS. The molecule has 1 heterocycles. The largest absolute Gasteiger partial charge is 0.293 e. The lowest BCUT2D eigenvalue weighted by Gasteiger charge is -1.99. The number of thioether (sulfide) groups is 1. The van der Waals surface area contributed by atoms with Crippen LogP contribution in [-0.2, 0) is 0 Å². The average Bonchev–Trinajstić information content (AvgIpc) is 3.02. The van der Waals surface area contributed by atoms with Crippen molar-refractivity contribution in [3.8, 4) is 11.4 Å². The fourth-order valence-corrected chi connectivity index (χ4v) is 2.89. The van der Waals surface area contributed by atoms with Gasteiger partial charge in [-0.05, 0) is 24.3 Å². The van der Waals surface area contributed by atoms with E-state index >= 15 is 0 Å². The van der Waals surface area contributed by atoms with E-state index in [1.165, 1.54) is 17.8 Å². The van der Waals surface area contributed by atoms with Gasteiger partial charge in [-0.15, -0.1) is 5.10 Å². The highest BCUT2D eigenvalue weighted by Crippen LogP contribution is 2.22. The minimum absolute atomic E-state index is 0.0141. The second-order valence-electron chi connectivity index (χ2n) is 4.67.